The average Bonchev–Trinajstić information content (AvgIpc) is 2.08. The molecule has 1 rings (SSSR count). The van der Waals surface area contributed by atoms with Gasteiger partial charge in [0.1, 0.15) is 5.75 Å². The topological polar surface area (TPSA) is 127 Å². The van der Waals surface area contributed by atoms with E-state index in [0.29, 0.717) is 0 Å². The van der Waals surface area contributed by atoms with Gasteiger partial charge in [-0.3, -0.25) is 9.79 Å². The third-order valence-electron chi connectivity index (χ3n) is 1.68. The second kappa shape index (κ2) is 3.62. The Labute approximate surface area is 84.4 Å². The van der Waals surface area contributed by atoms with Crippen LogP contribution in [0.15, 0.2) is 6.07 Å². The van der Waals surface area contributed by atoms with Crippen molar-refractivity contribution in [2.24, 2.45) is 0 Å². The van der Waals surface area contributed by atoms with Crippen molar-refractivity contribution in [2.75, 3.05) is 0 Å². The van der Waals surface area contributed by atoms with Crippen molar-refractivity contribution in [3.05, 3.63) is 11.6 Å². The maximum atomic E-state index is 10.5. The highest BCUT2D eigenvalue weighted by atomic mass is 31.2. The van der Waals surface area contributed by atoms with E-state index in [1.54, 1.807) is 0 Å². The monoisotopic (exact) mass is 236 g/mol. The van der Waals surface area contributed by atoms with Gasteiger partial charge in [-0.25, -0.2) is 4.57 Å². The molecule has 0 fully saturated rings. The van der Waals surface area contributed by atoms with Crippen LogP contribution >= 0.6 is 7.82 Å². The number of aromatic hydroxyl groups is 3. The zero-order valence-electron chi connectivity index (χ0n) is 7.58. The van der Waals surface area contributed by atoms with E-state index in [1.165, 1.54) is 6.92 Å². The largest absolute Gasteiger partial charge is 0.524 e. The SMILES string of the molecule is Cc1c(OP(=O)(O)O)cc(O)c(O)c1O. The average molecular weight is 236 g/mol. The molecule has 0 aliphatic rings. The van der Waals surface area contributed by atoms with E-state index in [0.717, 1.165) is 6.07 Å². The molecule has 0 spiro atoms. The Morgan fingerprint density at radius 3 is 2.20 bits per heavy atom. The number of phenolic OH excluding ortho intramolecular Hbond substituents is 3. The van der Waals surface area contributed by atoms with Crippen molar-refractivity contribution in [2.45, 2.75) is 6.92 Å². The van der Waals surface area contributed by atoms with E-state index in [-0.39, 0.29) is 5.56 Å². The molecule has 0 aliphatic heterocycles. The van der Waals surface area contributed by atoms with Crippen molar-refractivity contribution < 1.29 is 34.2 Å². The lowest BCUT2D eigenvalue weighted by Crippen LogP contribution is -1.93. The van der Waals surface area contributed by atoms with Gasteiger partial charge in [0.05, 0.1) is 0 Å². The summed E-state index contributed by atoms with van der Waals surface area (Å²) >= 11 is 0. The van der Waals surface area contributed by atoms with Gasteiger partial charge < -0.3 is 19.8 Å². The molecule has 0 atom stereocenters. The van der Waals surface area contributed by atoms with Gasteiger partial charge in [-0.2, -0.15) is 0 Å². The van der Waals surface area contributed by atoms with E-state index in [4.69, 9.17) is 20.0 Å². The van der Waals surface area contributed by atoms with Crippen LogP contribution in [-0.4, -0.2) is 25.1 Å². The molecule has 0 heterocycles. The number of hydrogen-bond donors (Lipinski definition) is 5. The van der Waals surface area contributed by atoms with E-state index in [2.05, 4.69) is 4.52 Å². The lowest BCUT2D eigenvalue weighted by atomic mass is 10.2. The zero-order valence-corrected chi connectivity index (χ0v) is 8.47. The van der Waals surface area contributed by atoms with Gasteiger partial charge in [-0.1, -0.05) is 0 Å². The predicted octanol–water partition coefficient (Wildman–Crippen LogP) is 0.583. The quantitative estimate of drug-likeness (QED) is 0.375. The smallest absolute Gasteiger partial charge is 0.504 e. The highest BCUT2D eigenvalue weighted by Crippen LogP contribution is 2.47. The van der Waals surface area contributed by atoms with Gasteiger partial charge in [0, 0.05) is 11.6 Å². The zero-order chi connectivity index (χ0) is 11.8. The minimum Gasteiger partial charge on any atom is -0.504 e. The Balaban J connectivity index is 3.27. The first kappa shape index (κ1) is 11.6. The molecule has 5 N–H and O–H groups in total. The minimum absolute atomic E-state index is 0.0892. The molecule has 8 heteroatoms. The fraction of sp³-hybridized carbons (Fsp3) is 0.143. The molecule has 0 radical (unpaired) electrons. The third-order valence-corrected chi connectivity index (χ3v) is 2.11. The number of hydrogen-bond acceptors (Lipinski definition) is 5. The van der Waals surface area contributed by atoms with Crippen molar-refractivity contribution in [1.29, 1.82) is 0 Å². The van der Waals surface area contributed by atoms with Crippen LogP contribution in [0.2, 0.25) is 0 Å². The maximum absolute atomic E-state index is 10.5. The molecule has 0 amide bonds. The van der Waals surface area contributed by atoms with Gasteiger partial charge in [0.15, 0.2) is 11.5 Å². The fourth-order valence-corrected chi connectivity index (χ4v) is 1.39. The highest BCUT2D eigenvalue weighted by molar-refractivity contribution is 7.46. The summed E-state index contributed by atoms with van der Waals surface area (Å²) in [6.07, 6.45) is 0. The molecule has 84 valence electrons. The Morgan fingerprint density at radius 1 is 1.20 bits per heavy atom. The summed E-state index contributed by atoms with van der Waals surface area (Å²) in [7, 11) is -4.77. The van der Waals surface area contributed by atoms with Crippen molar-refractivity contribution in [3.8, 4) is 23.0 Å². The fourth-order valence-electron chi connectivity index (χ4n) is 0.939. The Morgan fingerprint density at radius 2 is 1.73 bits per heavy atom. The number of benzene rings is 1. The van der Waals surface area contributed by atoms with E-state index < -0.39 is 30.8 Å². The second-order valence-corrected chi connectivity index (χ2v) is 3.96. The molecule has 0 unspecified atom stereocenters. The van der Waals surface area contributed by atoms with Crippen LogP contribution in [0.3, 0.4) is 0 Å². The van der Waals surface area contributed by atoms with Gasteiger partial charge >= 0.3 is 7.82 Å². The number of rotatable bonds is 2. The van der Waals surface area contributed by atoms with Crippen molar-refractivity contribution >= 4 is 7.82 Å². The van der Waals surface area contributed by atoms with Crippen molar-refractivity contribution in [1.82, 2.24) is 0 Å². The van der Waals surface area contributed by atoms with E-state index in [1.807, 2.05) is 0 Å². The molecule has 1 aromatic carbocycles. The van der Waals surface area contributed by atoms with Crippen LogP contribution < -0.4 is 4.52 Å². The number of phosphoric ester groups is 1. The third kappa shape index (κ3) is 2.53. The molecule has 0 bridgehead atoms. The summed E-state index contributed by atoms with van der Waals surface area (Å²) in [5, 5.41) is 27.3. The second-order valence-electron chi connectivity index (χ2n) is 2.80. The Bertz CT molecular complexity index is 435. The number of phenols is 3. The van der Waals surface area contributed by atoms with Crippen LogP contribution in [0.4, 0.5) is 0 Å². The molecule has 0 saturated carbocycles. The Hall–Kier alpha value is -1.43. The van der Waals surface area contributed by atoms with Crippen molar-refractivity contribution in [3.63, 3.8) is 0 Å². The summed E-state index contributed by atoms with van der Waals surface area (Å²) in [6, 6.07) is 0.795. The molecular weight excluding hydrogens is 227 g/mol. The molecule has 0 aromatic heterocycles. The summed E-state index contributed by atoms with van der Waals surface area (Å²) < 4.78 is 14.7. The summed E-state index contributed by atoms with van der Waals surface area (Å²) in [5.74, 6) is -2.61. The minimum atomic E-state index is -4.77. The molecular formula is C7H9O7P. The lowest BCUT2D eigenvalue weighted by molar-refractivity contribution is 0.280. The highest BCUT2D eigenvalue weighted by Gasteiger charge is 2.21. The van der Waals surface area contributed by atoms with Gasteiger partial charge in [-0.15, -0.1) is 0 Å². The molecule has 7 nitrogen and oxygen atoms in total. The first-order valence-corrected chi connectivity index (χ1v) is 5.25. The molecule has 0 saturated heterocycles. The lowest BCUT2D eigenvalue weighted by Gasteiger charge is -2.12. The molecule has 15 heavy (non-hydrogen) atoms. The van der Waals surface area contributed by atoms with E-state index in [9.17, 15) is 9.67 Å². The van der Waals surface area contributed by atoms with Crippen LogP contribution in [0, 0.1) is 6.92 Å². The predicted molar refractivity (Wildman–Crippen MR) is 48.8 cm³/mol. The standard InChI is InChI=1S/C7H9O7P/c1-3-5(14-15(11,12)13)2-4(8)7(10)6(3)9/h2,8-10H,1H3,(H2,11,12,13). The molecule has 1 aromatic rings. The first-order chi connectivity index (χ1) is 6.72. The number of phosphoric acid groups is 1. The summed E-state index contributed by atoms with van der Waals surface area (Å²) in [6.45, 7) is 1.26. The Kier molecular flexibility index (Phi) is 2.81. The molecule has 0 aliphatic carbocycles. The van der Waals surface area contributed by atoms with Crippen LogP contribution in [0.1, 0.15) is 5.56 Å². The maximum Gasteiger partial charge on any atom is 0.524 e. The normalized spacial score (nSPS) is 11.4. The van der Waals surface area contributed by atoms with Gasteiger partial charge in [0.25, 0.3) is 0 Å². The van der Waals surface area contributed by atoms with Gasteiger partial charge in [0.2, 0.25) is 5.75 Å². The van der Waals surface area contributed by atoms with Gasteiger partial charge in [-0.05, 0) is 6.92 Å². The van der Waals surface area contributed by atoms with Crippen LogP contribution in [0.25, 0.3) is 0 Å². The summed E-state index contributed by atoms with van der Waals surface area (Å²) in [4.78, 5) is 17.0. The first-order valence-electron chi connectivity index (χ1n) is 3.72. The summed E-state index contributed by atoms with van der Waals surface area (Å²) in [5.41, 5.74) is -0.0892. The van der Waals surface area contributed by atoms with Crippen LogP contribution in [0.5, 0.6) is 23.0 Å². The van der Waals surface area contributed by atoms with E-state index >= 15 is 0 Å². The van der Waals surface area contributed by atoms with Crippen LogP contribution in [-0.2, 0) is 4.57 Å².